The molecule has 0 aliphatic carbocycles. The van der Waals surface area contributed by atoms with E-state index in [4.69, 9.17) is 9.47 Å². The van der Waals surface area contributed by atoms with Crippen molar-refractivity contribution in [2.75, 3.05) is 14.2 Å². The molecule has 0 fully saturated rings. The second-order valence-corrected chi connectivity index (χ2v) is 5.59. The Morgan fingerprint density at radius 2 is 1.04 bits per heavy atom. The zero-order valence-electron chi connectivity index (χ0n) is 14.1. The maximum absolute atomic E-state index is 10.4. The topological polar surface area (TPSA) is 99.4 Å². The number of phenols is 2. The van der Waals surface area contributed by atoms with Crippen LogP contribution in [0.3, 0.4) is 0 Å². The zero-order valence-corrected chi connectivity index (χ0v) is 14.1. The van der Waals surface area contributed by atoms with Gasteiger partial charge < -0.3 is 29.9 Å². The van der Waals surface area contributed by atoms with Crippen molar-refractivity contribution in [3.8, 4) is 34.1 Å². The summed E-state index contributed by atoms with van der Waals surface area (Å²) >= 11 is 0. The Kier molecular flexibility index (Phi) is 5.21. The molecular weight excluding hydrogens is 312 g/mol. The molecule has 130 valence electrons. The summed E-state index contributed by atoms with van der Waals surface area (Å²) in [5, 5.41) is 40.6. The number of aromatic hydroxyl groups is 2. The Hall–Kier alpha value is -2.44. The van der Waals surface area contributed by atoms with Gasteiger partial charge in [-0.05, 0) is 49.2 Å². The van der Waals surface area contributed by atoms with Crippen molar-refractivity contribution >= 4 is 0 Å². The van der Waals surface area contributed by atoms with Gasteiger partial charge in [0.25, 0.3) is 0 Å². The molecule has 6 nitrogen and oxygen atoms in total. The highest BCUT2D eigenvalue weighted by atomic mass is 16.5. The Morgan fingerprint density at radius 1 is 0.708 bits per heavy atom. The molecule has 0 saturated carbocycles. The highest BCUT2D eigenvalue weighted by Gasteiger charge is 2.21. The third-order valence-corrected chi connectivity index (χ3v) is 3.89. The van der Waals surface area contributed by atoms with E-state index in [1.165, 1.54) is 26.4 Å². The van der Waals surface area contributed by atoms with E-state index in [0.29, 0.717) is 11.1 Å². The number of methoxy groups -OCH3 is 2. The molecule has 0 spiro atoms. The van der Waals surface area contributed by atoms with Crippen LogP contribution in [0.2, 0.25) is 0 Å². The van der Waals surface area contributed by atoms with Gasteiger partial charge in [-0.3, -0.25) is 0 Å². The van der Waals surface area contributed by atoms with E-state index in [1.807, 2.05) is 0 Å². The fraction of sp³-hybridized carbons (Fsp3) is 0.333. The molecule has 2 atom stereocenters. The van der Waals surface area contributed by atoms with Crippen molar-refractivity contribution in [2.24, 2.45) is 0 Å². The third-order valence-electron chi connectivity index (χ3n) is 3.89. The number of aliphatic hydroxyl groups is 2. The molecule has 0 bridgehead atoms. The minimum Gasteiger partial charge on any atom is -0.504 e. The number of hydrogen-bond acceptors (Lipinski definition) is 6. The molecule has 0 amide bonds. The van der Waals surface area contributed by atoms with Gasteiger partial charge in [0.1, 0.15) is 0 Å². The smallest absolute Gasteiger partial charge is 0.165 e. The lowest BCUT2D eigenvalue weighted by molar-refractivity contribution is 0.198. The van der Waals surface area contributed by atoms with Crippen molar-refractivity contribution in [1.29, 1.82) is 0 Å². The van der Waals surface area contributed by atoms with Crippen molar-refractivity contribution in [2.45, 2.75) is 26.1 Å². The molecule has 0 heterocycles. The SMILES string of the molecule is COc1cc(C(C)O)cc(-c2cc(C(C)O)cc(OC)c2O)c1O. The maximum atomic E-state index is 10.4. The fourth-order valence-electron chi connectivity index (χ4n) is 2.46. The van der Waals surface area contributed by atoms with Crippen LogP contribution in [0.15, 0.2) is 24.3 Å². The first-order valence-electron chi connectivity index (χ1n) is 7.48. The highest BCUT2D eigenvalue weighted by molar-refractivity contribution is 5.81. The van der Waals surface area contributed by atoms with Crippen molar-refractivity contribution in [3.63, 3.8) is 0 Å². The van der Waals surface area contributed by atoms with Crippen molar-refractivity contribution in [3.05, 3.63) is 35.4 Å². The van der Waals surface area contributed by atoms with Gasteiger partial charge in [-0.15, -0.1) is 0 Å². The number of phenolic OH excluding ortho intramolecular Hbond substituents is 2. The van der Waals surface area contributed by atoms with Gasteiger partial charge >= 0.3 is 0 Å². The Morgan fingerprint density at radius 3 is 1.29 bits per heavy atom. The molecule has 24 heavy (non-hydrogen) atoms. The third kappa shape index (κ3) is 3.25. The van der Waals surface area contributed by atoms with Gasteiger partial charge in [0.05, 0.1) is 26.4 Å². The van der Waals surface area contributed by atoms with Gasteiger partial charge in [0.2, 0.25) is 0 Å². The average molecular weight is 334 g/mol. The fourth-order valence-corrected chi connectivity index (χ4v) is 2.46. The van der Waals surface area contributed by atoms with E-state index in [9.17, 15) is 20.4 Å². The van der Waals surface area contributed by atoms with E-state index in [-0.39, 0.29) is 34.1 Å². The molecule has 0 aromatic heterocycles. The summed E-state index contributed by atoms with van der Waals surface area (Å²) in [5.74, 6) is -0.0163. The first kappa shape index (κ1) is 17.9. The summed E-state index contributed by atoms with van der Waals surface area (Å²) in [6.07, 6.45) is -1.58. The number of hydrogen-bond donors (Lipinski definition) is 4. The van der Waals surface area contributed by atoms with Gasteiger partial charge in [0, 0.05) is 11.1 Å². The molecular formula is C18H22O6. The van der Waals surface area contributed by atoms with Crippen molar-refractivity contribution < 1.29 is 29.9 Å². The maximum Gasteiger partial charge on any atom is 0.165 e. The number of benzene rings is 2. The second-order valence-electron chi connectivity index (χ2n) is 5.59. The summed E-state index contributed by atoms with van der Waals surface area (Å²) in [6.45, 7) is 3.17. The van der Waals surface area contributed by atoms with Gasteiger partial charge in [-0.25, -0.2) is 0 Å². The number of ether oxygens (including phenoxy) is 2. The molecule has 0 saturated heterocycles. The van der Waals surface area contributed by atoms with Crippen LogP contribution < -0.4 is 9.47 Å². The van der Waals surface area contributed by atoms with E-state index >= 15 is 0 Å². The summed E-state index contributed by atoms with van der Waals surface area (Å²) in [6, 6.07) is 6.16. The second kappa shape index (κ2) is 6.98. The summed E-state index contributed by atoms with van der Waals surface area (Å²) in [5.41, 5.74) is 1.56. The van der Waals surface area contributed by atoms with Gasteiger partial charge in [-0.2, -0.15) is 0 Å². The number of rotatable bonds is 5. The minimum absolute atomic E-state index is 0.171. The molecule has 2 aromatic rings. The lowest BCUT2D eigenvalue weighted by Gasteiger charge is -2.17. The summed E-state index contributed by atoms with van der Waals surface area (Å²) in [7, 11) is 2.80. The highest BCUT2D eigenvalue weighted by Crippen LogP contribution is 2.46. The van der Waals surface area contributed by atoms with E-state index in [2.05, 4.69) is 0 Å². The molecule has 2 aromatic carbocycles. The monoisotopic (exact) mass is 334 g/mol. The summed E-state index contributed by atoms with van der Waals surface area (Å²) < 4.78 is 10.3. The van der Waals surface area contributed by atoms with Crippen LogP contribution in [0.5, 0.6) is 23.0 Å². The quantitative estimate of drug-likeness (QED) is 0.671. The normalized spacial score (nSPS) is 13.4. The minimum atomic E-state index is -0.790. The Labute approximate surface area is 140 Å². The predicted molar refractivity (Wildman–Crippen MR) is 89.6 cm³/mol. The lowest BCUT2D eigenvalue weighted by Crippen LogP contribution is -1.98. The predicted octanol–water partition coefficient (Wildman–Crippen LogP) is 2.89. The number of aliphatic hydroxyl groups excluding tert-OH is 2. The van der Waals surface area contributed by atoms with E-state index in [1.54, 1.807) is 26.0 Å². The summed E-state index contributed by atoms with van der Waals surface area (Å²) in [4.78, 5) is 0. The molecule has 2 rings (SSSR count). The van der Waals surface area contributed by atoms with E-state index in [0.717, 1.165) is 0 Å². The van der Waals surface area contributed by atoms with Crippen LogP contribution in [-0.2, 0) is 0 Å². The van der Waals surface area contributed by atoms with Crippen LogP contribution >= 0.6 is 0 Å². The lowest BCUT2D eigenvalue weighted by atomic mass is 9.95. The first-order valence-corrected chi connectivity index (χ1v) is 7.48. The van der Waals surface area contributed by atoms with Gasteiger partial charge in [0.15, 0.2) is 23.0 Å². The molecule has 0 aliphatic heterocycles. The largest absolute Gasteiger partial charge is 0.504 e. The van der Waals surface area contributed by atoms with Crippen molar-refractivity contribution in [1.82, 2.24) is 0 Å². The van der Waals surface area contributed by atoms with Crippen LogP contribution in [0.4, 0.5) is 0 Å². The first-order chi connectivity index (χ1) is 11.3. The molecule has 4 N–H and O–H groups in total. The molecule has 0 aliphatic rings. The average Bonchev–Trinajstić information content (AvgIpc) is 2.55. The van der Waals surface area contributed by atoms with E-state index < -0.39 is 12.2 Å². The van der Waals surface area contributed by atoms with Gasteiger partial charge in [-0.1, -0.05) is 0 Å². The molecule has 0 radical (unpaired) electrons. The Balaban J connectivity index is 2.79. The standard InChI is InChI=1S/C18H22O6/c1-9(19)11-5-13(17(21)15(7-11)23-3)14-6-12(10(2)20)8-16(24-4)18(14)22/h5-10,19-22H,1-4H3. The van der Waals surface area contributed by atoms with Crippen LogP contribution in [0.25, 0.3) is 11.1 Å². The van der Waals surface area contributed by atoms with Crippen LogP contribution in [0.1, 0.15) is 37.2 Å². The zero-order chi connectivity index (χ0) is 18.0. The Bertz CT molecular complexity index is 673. The van der Waals surface area contributed by atoms with Crippen LogP contribution in [-0.4, -0.2) is 34.6 Å². The molecule has 2 unspecified atom stereocenters. The molecule has 6 heteroatoms. The van der Waals surface area contributed by atoms with Crippen LogP contribution in [0, 0.1) is 0 Å².